The molecule has 15 heavy (non-hydrogen) atoms. The minimum atomic E-state index is -3.28. The van der Waals surface area contributed by atoms with Crippen molar-refractivity contribution in [1.82, 2.24) is 4.72 Å². The van der Waals surface area contributed by atoms with Gasteiger partial charge in [0.1, 0.15) is 5.75 Å². The van der Waals surface area contributed by atoms with Crippen LogP contribution in [-0.4, -0.2) is 22.6 Å². The number of hydrogen-bond acceptors (Lipinski definition) is 3. The number of sulfonamides is 1. The van der Waals surface area contributed by atoms with Gasteiger partial charge in [-0.1, -0.05) is 12.1 Å². The predicted octanol–water partition coefficient (Wildman–Crippen LogP) is 1.31. The molecule has 0 fully saturated rings. The molecule has 0 saturated carbocycles. The molecule has 0 aliphatic carbocycles. The minimum Gasteiger partial charge on any atom is -0.497 e. The molecule has 0 aromatic heterocycles. The third-order valence-corrected chi connectivity index (χ3v) is 4.09. The molecule has 0 saturated heterocycles. The zero-order chi connectivity index (χ0) is 11.5. The van der Waals surface area contributed by atoms with E-state index in [0.29, 0.717) is 11.3 Å². The van der Waals surface area contributed by atoms with Crippen LogP contribution in [-0.2, 0) is 10.0 Å². The van der Waals surface area contributed by atoms with E-state index >= 15 is 0 Å². The van der Waals surface area contributed by atoms with Crippen LogP contribution in [0.15, 0.2) is 24.3 Å². The first-order valence-electron chi connectivity index (χ1n) is 4.57. The summed E-state index contributed by atoms with van der Waals surface area (Å²) in [7, 11) is -0.321. The number of ether oxygens (including phenoxy) is 1. The smallest absolute Gasteiger partial charge is 0.218 e. The summed E-state index contributed by atoms with van der Waals surface area (Å²) < 4.78 is 30.4. The molecule has 1 N–H and O–H groups in total. The normalized spacial score (nSPS) is 13.5. The van der Waals surface area contributed by atoms with Crippen molar-refractivity contribution < 1.29 is 13.2 Å². The van der Waals surface area contributed by atoms with Gasteiger partial charge in [-0.2, -0.15) is 0 Å². The Labute approximate surface area is 90.3 Å². The van der Waals surface area contributed by atoms with E-state index in [0.717, 1.165) is 0 Å². The monoisotopic (exact) mass is 229 g/mol. The Bertz CT molecular complexity index is 428. The maximum absolute atomic E-state index is 11.5. The second-order valence-electron chi connectivity index (χ2n) is 3.17. The summed E-state index contributed by atoms with van der Waals surface area (Å²) in [5, 5.41) is -0.586. The van der Waals surface area contributed by atoms with Gasteiger partial charge in [-0.15, -0.1) is 0 Å². The average molecular weight is 229 g/mol. The first-order chi connectivity index (χ1) is 7.01. The van der Waals surface area contributed by atoms with Gasteiger partial charge in [0.05, 0.1) is 12.4 Å². The number of nitrogens with one attached hydrogen (secondary N) is 1. The molecule has 0 bridgehead atoms. The molecule has 4 nitrogen and oxygen atoms in total. The van der Waals surface area contributed by atoms with Gasteiger partial charge in [-0.3, -0.25) is 0 Å². The van der Waals surface area contributed by atoms with E-state index in [1.807, 2.05) is 0 Å². The molecule has 1 rings (SSSR count). The number of benzene rings is 1. The van der Waals surface area contributed by atoms with Crippen molar-refractivity contribution >= 4 is 10.0 Å². The molecule has 0 aliphatic heterocycles. The first-order valence-corrected chi connectivity index (χ1v) is 6.12. The first kappa shape index (κ1) is 12.0. The highest BCUT2D eigenvalue weighted by atomic mass is 32.2. The van der Waals surface area contributed by atoms with Gasteiger partial charge in [-0.05, 0) is 31.7 Å². The number of rotatable bonds is 4. The van der Waals surface area contributed by atoms with Gasteiger partial charge in [0.15, 0.2) is 0 Å². The van der Waals surface area contributed by atoms with Gasteiger partial charge in [0.25, 0.3) is 0 Å². The summed E-state index contributed by atoms with van der Waals surface area (Å²) in [4.78, 5) is 0. The Morgan fingerprint density at radius 2 is 2.07 bits per heavy atom. The summed E-state index contributed by atoms with van der Waals surface area (Å²) in [6, 6.07) is 7.04. The van der Waals surface area contributed by atoms with Crippen LogP contribution < -0.4 is 9.46 Å². The number of methoxy groups -OCH3 is 1. The van der Waals surface area contributed by atoms with Crippen LogP contribution in [0.1, 0.15) is 17.7 Å². The van der Waals surface area contributed by atoms with Crippen LogP contribution in [0, 0.1) is 0 Å². The van der Waals surface area contributed by atoms with Crippen LogP contribution in [0.3, 0.4) is 0 Å². The zero-order valence-corrected chi connectivity index (χ0v) is 9.84. The van der Waals surface area contributed by atoms with E-state index in [1.165, 1.54) is 7.05 Å². The van der Waals surface area contributed by atoms with E-state index in [1.54, 1.807) is 38.3 Å². The SMILES string of the molecule is CNS(=O)(=O)C(C)c1cccc(OC)c1. The van der Waals surface area contributed by atoms with Crippen molar-refractivity contribution in [2.45, 2.75) is 12.2 Å². The van der Waals surface area contributed by atoms with Gasteiger partial charge < -0.3 is 4.74 Å². The molecule has 1 aromatic rings. The molecular formula is C10H15NO3S. The summed E-state index contributed by atoms with van der Waals surface area (Å²) in [6.45, 7) is 1.64. The van der Waals surface area contributed by atoms with E-state index < -0.39 is 15.3 Å². The molecule has 84 valence electrons. The molecule has 0 aliphatic rings. The van der Waals surface area contributed by atoms with Crippen LogP contribution in [0.5, 0.6) is 5.75 Å². The highest BCUT2D eigenvalue weighted by molar-refractivity contribution is 7.89. The molecule has 1 aromatic carbocycles. The second-order valence-corrected chi connectivity index (χ2v) is 5.37. The van der Waals surface area contributed by atoms with Gasteiger partial charge in [0.2, 0.25) is 10.0 Å². The fraction of sp³-hybridized carbons (Fsp3) is 0.400. The zero-order valence-electron chi connectivity index (χ0n) is 9.02. The van der Waals surface area contributed by atoms with E-state index in [9.17, 15) is 8.42 Å². The standard InChI is InChI=1S/C10H15NO3S/c1-8(15(12,13)11-2)9-5-4-6-10(7-9)14-3/h4-8,11H,1-3H3. The van der Waals surface area contributed by atoms with Crippen molar-refractivity contribution in [3.05, 3.63) is 29.8 Å². The lowest BCUT2D eigenvalue weighted by Crippen LogP contribution is -2.24. The fourth-order valence-electron chi connectivity index (χ4n) is 1.25. The predicted molar refractivity (Wildman–Crippen MR) is 59.4 cm³/mol. The van der Waals surface area contributed by atoms with Crippen LogP contribution in [0.2, 0.25) is 0 Å². The Morgan fingerprint density at radius 3 is 2.60 bits per heavy atom. The molecule has 5 heteroatoms. The van der Waals surface area contributed by atoms with E-state index in [2.05, 4.69) is 4.72 Å². The molecule has 0 spiro atoms. The van der Waals surface area contributed by atoms with Crippen molar-refractivity contribution in [2.24, 2.45) is 0 Å². The quantitative estimate of drug-likeness (QED) is 0.846. The summed E-state index contributed by atoms with van der Waals surface area (Å²) in [6.07, 6.45) is 0. The Hall–Kier alpha value is -1.07. The topological polar surface area (TPSA) is 55.4 Å². The van der Waals surface area contributed by atoms with Crippen molar-refractivity contribution in [3.8, 4) is 5.75 Å². The maximum Gasteiger partial charge on any atom is 0.218 e. The summed E-state index contributed by atoms with van der Waals surface area (Å²) in [5.74, 6) is 0.658. The molecule has 0 radical (unpaired) electrons. The average Bonchev–Trinajstić information content (AvgIpc) is 2.28. The molecule has 1 unspecified atom stereocenters. The Balaban J connectivity index is 3.06. The third kappa shape index (κ3) is 2.70. The van der Waals surface area contributed by atoms with Crippen molar-refractivity contribution in [1.29, 1.82) is 0 Å². The lowest BCUT2D eigenvalue weighted by atomic mass is 10.1. The van der Waals surface area contributed by atoms with Gasteiger partial charge in [-0.25, -0.2) is 13.1 Å². The van der Waals surface area contributed by atoms with Crippen LogP contribution in [0.25, 0.3) is 0 Å². The largest absolute Gasteiger partial charge is 0.497 e. The van der Waals surface area contributed by atoms with Gasteiger partial charge >= 0.3 is 0 Å². The minimum absolute atomic E-state index is 0.586. The molecule has 1 atom stereocenters. The Kier molecular flexibility index (Phi) is 3.71. The highest BCUT2D eigenvalue weighted by Crippen LogP contribution is 2.23. The lowest BCUT2D eigenvalue weighted by Gasteiger charge is -2.12. The second kappa shape index (κ2) is 4.63. The van der Waals surface area contributed by atoms with Crippen molar-refractivity contribution in [2.75, 3.05) is 14.2 Å². The molecule has 0 amide bonds. The van der Waals surface area contributed by atoms with Crippen LogP contribution >= 0.6 is 0 Å². The lowest BCUT2D eigenvalue weighted by molar-refractivity contribution is 0.414. The summed E-state index contributed by atoms with van der Waals surface area (Å²) >= 11 is 0. The van der Waals surface area contributed by atoms with E-state index in [4.69, 9.17) is 4.74 Å². The fourth-order valence-corrected chi connectivity index (χ4v) is 2.11. The molecular weight excluding hydrogens is 214 g/mol. The number of hydrogen-bond donors (Lipinski definition) is 1. The molecule has 0 heterocycles. The van der Waals surface area contributed by atoms with Gasteiger partial charge in [0, 0.05) is 0 Å². The summed E-state index contributed by atoms with van der Waals surface area (Å²) in [5.41, 5.74) is 0.712. The van der Waals surface area contributed by atoms with Crippen molar-refractivity contribution in [3.63, 3.8) is 0 Å². The maximum atomic E-state index is 11.5. The van der Waals surface area contributed by atoms with Crippen LogP contribution in [0.4, 0.5) is 0 Å². The highest BCUT2D eigenvalue weighted by Gasteiger charge is 2.20. The Morgan fingerprint density at radius 1 is 1.40 bits per heavy atom. The van der Waals surface area contributed by atoms with E-state index in [-0.39, 0.29) is 0 Å². The third-order valence-electron chi connectivity index (χ3n) is 2.31.